The molecule has 1 aromatic heterocycles. The van der Waals surface area contributed by atoms with Crippen molar-refractivity contribution in [2.75, 3.05) is 37.3 Å². The Morgan fingerprint density at radius 1 is 1.29 bits per heavy atom. The standard InChI is InChI=1S/C20H31N5O8S/c1-2-3-8-34(31,32)24-16(19(27)28)11-23-18(26)13-33-15-9-14(25(12-15)20(29)30)10-22-17-6-4-5-7-21-17/h4-7,14-16,24H,2-3,8-13H2,1H3,(H,21,22)(H,23,26)(H,27,28)(H,29,30). The number of aromatic nitrogens is 1. The number of nitrogens with zero attached hydrogens (tertiary/aromatic N) is 2. The van der Waals surface area contributed by atoms with Gasteiger partial charge in [-0.3, -0.25) is 9.59 Å². The third-order valence-electron chi connectivity index (χ3n) is 5.15. The lowest BCUT2D eigenvalue weighted by atomic mass is 10.2. The van der Waals surface area contributed by atoms with Crippen molar-refractivity contribution < 1.29 is 37.8 Å². The highest BCUT2D eigenvalue weighted by atomic mass is 32.2. The van der Waals surface area contributed by atoms with Gasteiger partial charge in [-0.1, -0.05) is 19.4 Å². The van der Waals surface area contributed by atoms with Gasteiger partial charge in [-0.25, -0.2) is 18.2 Å². The van der Waals surface area contributed by atoms with Crippen LogP contribution in [0.3, 0.4) is 0 Å². The molecule has 190 valence electrons. The number of aliphatic carboxylic acids is 1. The molecule has 1 aromatic rings. The van der Waals surface area contributed by atoms with Crippen LogP contribution in [0.4, 0.5) is 10.6 Å². The molecular weight excluding hydrogens is 470 g/mol. The molecule has 1 aliphatic rings. The summed E-state index contributed by atoms with van der Waals surface area (Å²) in [6.45, 7) is 1.32. The van der Waals surface area contributed by atoms with Gasteiger partial charge in [-0.2, -0.15) is 4.72 Å². The molecule has 2 rings (SSSR count). The number of anilines is 1. The van der Waals surface area contributed by atoms with Gasteiger partial charge >= 0.3 is 12.1 Å². The van der Waals surface area contributed by atoms with Gasteiger partial charge in [0.1, 0.15) is 18.5 Å². The Balaban J connectivity index is 1.80. The van der Waals surface area contributed by atoms with E-state index in [2.05, 4.69) is 20.3 Å². The first-order valence-electron chi connectivity index (χ1n) is 10.9. The van der Waals surface area contributed by atoms with E-state index in [1.807, 2.05) is 6.92 Å². The SMILES string of the molecule is CCCCS(=O)(=O)NC(CNC(=O)COC1CC(CNc2ccccn2)N(C(=O)O)C1)C(=O)O. The van der Waals surface area contributed by atoms with Gasteiger partial charge in [0.05, 0.1) is 24.4 Å². The number of hydrogen-bond donors (Lipinski definition) is 5. The van der Waals surface area contributed by atoms with E-state index in [0.29, 0.717) is 31.6 Å². The molecular formula is C20H31N5O8S. The van der Waals surface area contributed by atoms with E-state index in [1.54, 1.807) is 24.4 Å². The maximum absolute atomic E-state index is 12.1. The van der Waals surface area contributed by atoms with E-state index < -0.39 is 53.3 Å². The first-order chi connectivity index (χ1) is 16.1. The number of carbonyl (C=O) groups excluding carboxylic acids is 1. The van der Waals surface area contributed by atoms with Crippen molar-refractivity contribution in [1.29, 1.82) is 0 Å². The first kappa shape index (κ1) is 27.3. The van der Waals surface area contributed by atoms with Crippen molar-refractivity contribution in [3.05, 3.63) is 24.4 Å². The molecule has 13 nitrogen and oxygen atoms in total. The highest BCUT2D eigenvalue weighted by Gasteiger charge is 2.36. The molecule has 1 aliphatic heterocycles. The minimum absolute atomic E-state index is 0.0756. The van der Waals surface area contributed by atoms with Gasteiger partial charge in [-0.15, -0.1) is 0 Å². The van der Waals surface area contributed by atoms with Crippen LogP contribution < -0.4 is 15.4 Å². The molecule has 0 aromatic carbocycles. The molecule has 3 unspecified atom stereocenters. The van der Waals surface area contributed by atoms with Crippen molar-refractivity contribution >= 4 is 33.8 Å². The molecule has 2 amide bonds. The maximum Gasteiger partial charge on any atom is 0.407 e. The lowest BCUT2D eigenvalue weighted by Gasteiger charge is -2.21. The Kier molecular flexibility index (Phi) is 10.5. The fraction of sp³-hybridized carbons (Fsp3) is 0.600. The van der Waals surface area contributed by atoms with Crippen LogP contribution in [-0.4, -0.2) is 96.7 Å². The number of carboxylic acid groups (broad SMARTS) is 2. The molecule has 0 aliphatic carbocycles. The highest BCUT2D eigenvalue weighted by Crippen LogP contribution is 2.21. The molecule has 1 fully saturated rings. The van der Waals surface area contributed by atoms with E-state index in [9.17, 15) is 33.0 Å². The Morgan fingerprint density at radius 2 is 2.06 bits per heavy atom. The topological polar surface area (TPSA) is 187 Å². The number of nitrogens with one attached hydrogen (secondary N) is 3. The van der Waals surface area contributed by atoms with E-state index in [1.165, 1.54) is 4.90 Å². The first-order valence-corrected chi connectivity index (χ1v) is 12.5. The number of hydrogen-bond acceptors (Lipinski definition) is 8. The lowest BCUT2D eigenvalue weighted by Crippen LogP contribution is -2.49. The third kappa shape index (κ3) is 9.11. The van der Waals surface area contributed by atoms with Gasteiger partial charge in [-0.05, 0) is 25.0 Å². The second-order valence-electron chi connectivity index (χ2n) is 7.84. The van der Waals surface area contributed by atoms with Crippen molar-refractivity contribution in [3.63, 3.8) is 0 Å². The molecule has 0 spiro atoms. The van der Waals surface area contributed by atoms with E-state index >= 15 is 0 Å². The molecule has 34 heavy (non-hydrogen) atoms. The molecule has 0 radical (unpaired) electrons. The fourth-order valence-corrected chi connectivity index (χ4v) is 4.77. The Morgan fingerprint density at radius 3 is 2.68 bits per heavy atom. The van der Waals surface area contributed by atoms with Gasteiger partial charge in [0, 0.05) is 19.3 Å². The number of rotatable bonds is 14. The average molecular weight is 502 g/mol. The summed E-state index contributed by atoms with van der Waals surface area (Å²) in [5.41, 5.74) is 0. The number of ether oxygens (including phenoxy) is 1. The van der Waals surface area contributed by atoms with Gasteiger partial charge in [0.25, 0.3) is 0 Å². The molecule has 3 atom stereocenters. The van der Waals surface area contributed by atoms with Crippen LogP contribution in [0.1, 0.15) is 26.2 Å². The number of carbonyl (C=O) groups is 3. The lowest BCUT2D eigenvalue weighted by molar-refractivity contribution is -0.139. The summed E-state index contributed by atoms with van der Waals surface area (Å²) in [4.78, 5) is 40.4. The molecule has 14 heteroatoms. The monoisotopic (exact) mass is 501 g/mol. The molecule has 1 saturated heterocycles. The van der Waals surface area contributed by atoms with E-state index in [4.69, 9.17) is 4.74 Å². The second kappa shape index (κ2) is 13.1. The zero-order valence-corrected chi connectivity index (χ0v) is 19.7. The van der Waals surface area contributed by atoms with Crippen LogP contribution in [0.25, 0.3) is 0 Å². The summed E-state index contributed by atoms with van der Waals surface area (Å²) in [5.74, 6) is -1.66. The minimum atomic E-state index is -3.79. The molecule has 0 bridgehead atoms. The van der Waals surface area contributed by atoms with Crippen LogP contribution in [0.2, 0.25) is 0 Å². The zero-order chi connectivity index (χ0) is 25.1. The smallest absolute Gasteiger partial charge is 0.407 e. The van der Waals surface area contributed by atoms with E-state index in [0.717, 1.165) is 0 Å². The predicted octanol–water partition coefficient (Wildman–Crippen LogP) is -0.0801. The van der Waals surface area contributed by atoms with Crippen LogP contribution >= 0.6 is 0 Å². The predicted molar refractivity (Wildman–Crippen MR) is 122 cm³/mol. The molecule has 2 heterocycles. The van der Waals surface area contributed by atoms with Crippen molar-refractivity contribution in [1.82, 2.24) is 19.9 Å². The summed E-state index contributed by atoms with van der Waals surface area (Å²) in [6, 6.07) is 3.42. The number of carboxylic acids is 1. The van der Waals surface area contributed by atoms with Gasteiger partial charge < -0.3 is 30.5 Å². The summed E-state index contributed by atoms with van der Waals surface area (Å²) >= 11 is 0. The zero-order valence-electron chi connectivity index (χ0n) is 18.8. The van der Waals surface area contributed by atoms with Gasteiger partial charge in [0.15, 0.2) is 0 Å². The molecule has 5 N–H and O–H groups in total. The Labute approximate surface area is 197 Å². The quantitative estimate of drug-likeness (QED) is 0.231. The second-order valence-corrected chi connectivity index (χ2v) is 9.71. The Bertz CT molecular complexity index is 930. The van der Waals surface area contributed by atoms with Crippen LogP contribution in [-0.2, 0) is 24.3 Å². The molecule has 0 saturated carbocycles. The maximum atomic E-state index is 12.1. The van der Waals surface area contributed by atoms with Crippen molar-refractivity contribution in [3.8, 4) is 0 Å². The van der Waals surface area contributed by atoms with E-state index in [-0.39, 0.29) is 18.3 Å². The number of unbranched alkanes of at least 4 members (excludes halogenated alkanes) is 1. The van der Waals surface area contributed by atoms with Crippen LogP contribution in [0.5, 0.6) is 0 Å². The average Bonchev–Trinajstić information content (AvgIpc) is 3.22. The fourth-order valence-electron chi connectivity index (χ4n) is 3.36. The minimum Gasteiger partial charge on any atom is -0.480 e. The van der Waals surface area contributed by atoms with Crippen molar-refractivity contribution in [2.24, 2.45) is 0 Å². The van der Waals surface area contributed by atoms with Crippen LogP contribution in [0, 0.1) is 0 Å². The van der Waals surface area contributed by atoms with Crippen molar-refractivity contribution in [2.45, 2.75) is 44.4 Å². The summed E-state index contributed by atoms with van der Waals surface area (Å²) in [6.07, 6.45) is 1.35. The summed E-state index contributed by atoms with van der Waals surface area (Å²) < 4.78 is 31.5. The third-order valence-corrected chi connectivity index (χ3v) is 6.62. The normalized spacial score (nSPS) is 18.9. The number of amides is 2. The highest BCUT2D eigenvalue weighted by molar-refractivity contribution is 7.89. The summed E-state index contributed by atoms with van der Waals surface area (Å²) in [7, 11) is -3.79. The number of likely N-dealkylation sites (tertiary alicyclic amines) is 1. The summed E-state index contributed by atoms with van der Waals surface area (Å²) in [5, 5.41) is 24.1. The Hall–Kier alpha value is -2.97. The van der Waals surface area contributed by atoms with Crippen LogP contribution in [0.15, 0.2) is 24.4 Å². The number of sulfonamides is 1. The largest absolute Gasteiger partial charge is 0.480 e. The number of pyridine rings is 1. The van der Waals surface area contributed by atoms with Gasteiger partial charge in [0.2, 0.25) is 15.9 Å².